The van der Waals surface area contributed by atoms with Crippen molar-refractivity contribution in [3.8, 4) is 0 Å². The maximum absolute atomic E-state index is 12.0. The quantitative estimate of drug-likeness (QED) is 0.833. The van der Waals surface area contributed by atoms with Gasteiger partial charge in [-0.25, -0.2) is 13.1 Å². The van der Waals surface area contributed by atoms with Crippen molar-refractivity contribution in [2.45, 2.75) is 31.1 Å². The Labute approximate surface area is 110 Å². The van der Waals surface area contributed by atoms with Crippen LogP contribution in [0.1, 0.15) is 26.2 Å². The van der Waals surface area contributed by atoms with Crippen molar-refractivity contribution < 1.29 is 9.79 Å². The monoisotopic (exact) mass is 266 g/mol. The molecule has 0 spiro atoms. The Kier molecular flexibility index (Phi) is 3.76. The minimum absolute atomic E-state index is 0.126. The molecule has 1 aromatic carbocycles. The summed E-state index contributed by atoms with van der Waals surface area (Å²) in [6.45, 7) is 2.34. The highest BCUT2D eigenvalue weighted by molar-refractivity contribution is 7.89. The van der Waals surface area contributed by atoms with Crippen molar-refractivity contribution in [2.24, 2.45) is 5.92 Å². The summed E-state index contributed by atoms with van der Waals surface area (Å²) in [5.74, 6) is 0.322. The summed E-state index contributed by atoms with van der Waals surface area (Å²) in [4.78, 5) is 0.304. The molecular formula is C14H19NO2S. The van der Waals surface area contributed by atoms with Gasteiger partial charge in [0.1, 0.15) is 0 Å². The van der Waals surface area contributed by atoms with Crippen LogP contribution in [0.2, 0.25) is 0 Å². The van der Waals surface area contributed by atoms with Gasteiger partial charge in [-0.3, -0.25) is 0 Å². The van der Waals surface area contributed by atoms with Crippen molar-refractivity contribution in [3.05, 3.63) is 42.0 Å². The molecule has 2 rings (SSSR count). The summed E-state index contributed by atoms with van der Waals surface area (Å²) in [6, 6.07) is 6.82. The van der Waals surface area contributed by atoms with Crippen molar-refractivity contribution in [2.75, 3.05) is 6.54 Å². The van der Waals surface area contributed by atoms with Gasteiger partial charge in [-0.15, -0.1) is 0 Å². The lowest BCUT2D eigenvalue weighted by molar-refractivity contribution is 0.549. The molecular weight excluding hydrogens is 246 g/mol. The molecule has 0 unspecified atom stereocenters. The normalized spacial score (nSPS) is 24.2. The molecule has 0 amide bonds. The number of benzene rings is 1. The number of allylic oxidation sites excluding steroid dienone is 2. The number of hydrogen-bond donors (Lipinski definition) is 1. The zero-order chi connectivity index (χ0) is 13.9. The molecule has 0 bridgehead atoms. The third kappa shape index (κ3) is 3.43. The van der Waals surface area contributed by atoms with Gasteiger partial charge in [-0.1, -0.05) is 29.8 Å². The van der Waals surface area contributed by atoms with Crippen LogP contribution >= 0.6 is 0 Å². The Morgan fingerprint density at radius 2 is 2.11 bits per heavy atom. The summed E-state index contributed by atoms with van der Waals surface area (Å²) in [6.07, 6.45) is 5.30. The van der Waals surface area contributed by atoms with Gasteiger partial charge in [-0.05, 0) is 44.2 Å². The van der Waals surface area contributed by atoms with Crippen LogP contribution in [-0.4, -0.2) is 15.0 Å². The van der Waals surface area contributed by atoms with Gasteiger partial charge >= 0.3 is 0 Å². The fraction of sp³-hybridized carbons (Fsp3) is 0.429. The van der Waals surface area contributed by atoms with Crippen LogP contribution in [0.25, 0.3) is 0 Å². The first-order chi connectivity index (χ1) is 8.97. The third-order valence-corrected chi connectivity index (χ3v) is 4.57. The molecule has 98 valence electrons. The van der Waals surface area contributed by atoms with E-state index in [0.717, 1.165) is 18.4 Å². The average Bonchev–Trinajstić information content (AvgIpc) is 2.75. The van der Waals surface area contributed by atoms with Crippen molar-refractivity contribution in [1.82, 2.24) is 4.72 Å². The van der Waals surface area contributed by atoms with Gasteiger partial charge in [0.15, 0.2) is 0 Å². The Morgan fingerprint density at radius 1 is 1.39 bits per heavy atom. The third-order valence-electron chi connectivity index (χ3n) is 3.10. The summed E-state index contributed by atoms with van der Waals surface area (Å²) in [7, 11) is -3.40. The molecule has 0 saturated carbocycles. The predicted molar refractivity (Wildman–Crippen MR) is 72.8 cm³/mol. The highest BCUT2D eigenvalue weighted by Crippen LogP contribution is 2.20. The molecule has 0 fully saturated rings. The minimum Gasteiger partial charge on any atom is -0.211 e. The first-order valence-electron chi connectivity index (χ1n) is 6.72. The lowest BCUT2D eigenvalue weighted by Crippen LogP contribution is -2.25. The van der Waals surface area contributed by atoms with Crippen LogP contribution in [0.3, 0.4) is 0 Å². The van der Waals surface area contributed by atoms with Gasteiger partial charge in [-0.2, -0.15) is 0 Å². The molecule has 0 aliphatic heterocycles. The Balaban J connectivity index is 1.88. The topological polar surface area (TPSA) is 46.2 Å². The summed E-state index contributed by atoms with van der Waals surface area (Å²) in [5.41, 5.74) is 1.04. The van der Waals surface area contributed by atoms with E-state index in [1.165, 1.54) is 0 Å². The smallest absolute Gasteiger partial charge is 0.211 e. The van der Waals surface area contributed by atoms with E-state index in [9.17, 15) is 8.42 Å². The maximum Gasteiger partial charge on any atom is 0.240 e. The first kappa shape index (κ1) is 11.9. The minimum atomic E-state index is -3.40. The molecule has 18 heavy (non-hydrogen) atoms. The first-order valence-corrected chi connectivity index (χ1v) is 7.62. The van der Waals surface area contributed by atoms with E-state index in [2.05, 4.69) is 4.72 Å². The van der Waals surface area contributed by atoms with E-state index < -0.39 is 10.0 Å². The lowest BCUT2D eigenvalue weighted by Gasteiger charge is -2.09. The number of aryl methyl sites for hydroxylation is 1. The second kappa shape index (κ2) is 5.67. The molecule has 1 aliphatic carbocycles. The second-order valence-corrected chi connectivity index (χ2v) is 6.38. The molecule has 4 heteroatoms. The van der Waals surface area contributed by atoms with Crippen LogP contribution in [0, 0.1) is 12.8 Å². The highest BCUT2D eigenvalue weighted by atomic mass is 32.2. The van der Waals surface area contributed by atoms with Crippen molar-refractivity contribution in [3.63, 3.8) is 0 Å². The largest absolute Gasteiger partial charge is 0.240 e. The van der Waals surface area contributed by atoms with E-state index >= 15 is 0 Å². The highest BCUT2D eigenvalue weighted by Gasteiger charge is 2.14. The maximum atomic E-state index is 12.0. The zero-order valence-corrected chi connectivity index (χ0v) is 11.3. The van der Waals surface area contributed by atoms with Crippen LogP contribution in [0.5, 0.6) is 0 Å². The van der Waals surface area contributed by atoms with Crippen molar-refractivity contribution >= 4 is 10.0 Å². The Morgan fingerprint density at radius 3 is 2.72 bits per heavy atom. The van der Waals surface area contributed by atoms with E-state index in [1.807, 2.05) is 19.1 Å². The van der Waals surface area contributed by atoms with Gasteiger partial charge in [0.05, 0.1) is 4.90 Å². The number of sulfonamides is 1. The van der Waals surface area contributed by atoms with Gasteiger partial charge in [0.2, 0.25) is 10.0 Å². The molecule has 0 aromatic heterocycles. The van der Waals surface area contributed by atoms with E-state index in [-0.39, 0.29) is 6.40 Å². The molecule has 1 aliphatic rings. The summed E-state index contributed by atoms with van der Waals surface area (Å²) < 4.78 is 34.2. The SMILES string of the molecule is [2H][C@@H]1C=C[C@@H](CCNS(=O)(=O)c2ccc(C)cc2)C1. The predicted octanol–water partition coefficient (Wildman–Crippen LogP) is 2.63. The van der Waals surface area contributed by atoms with E-state index in [0.29, 0.717) is 17.4 Å². The van der Waals surface area contributed by atoms with Crippen molar-refractivity contribution in [1.29, 1.82) is 0 Å². The summed E-state index contributed by atoms with van der Waals surface area (Å²) in [5, 5.41) is 0. The standard InChI is InChI=1S/C14H19NO2S/c1-12-6-8-14(9-7-12)18(16,17)15-11-10-13-4-2-3-5-13/h2,4,6-9,13,15H,3,5,10-11H2,1H3/t13-/m1/s1/i3D/t3-,13-. The molecule has 1 aromatic rings. The number of nitrogens with one attached hydrogen (secondary N) is 1. The Hall–Kier alpha value is -1.13. The fourth-order valence-corrected chi connectivity index (χ4v) is 3.01. The number of hydrogen-bond acceptors (Lipinski definition) is 2. The number of rotatable bonds is 5. The van der Waals surface area contributed by atoms with Gasteiger partial charge < -0.3 is 0 Å². The Bertz CT molecular complexity index is 551. The van der Waals surface area contributed by atoms with Crippen LogP contribution < -0.4 is 4.72 Å². The molecule has 3 nitrogen and oxygen atoms in total. The second-order valence-electron chi connectivity index (χ2n) is 4.62. The molecule has 1 N–H and O–H groups in total. The lowest BCUT2D eigenvalue weighted by atomic mass is 10.1. The zero-order valence-electron chi connectivity index (χ0n) is 11.5. The fourth-order valence-electron chi connectivity index (χ4n) is 1.96. The van der Waals surface area contributed by atoms with Crippen LogP contribution in [0.4, 0.5) is 0 Å². The average molecular weight is 266 g/mol. The van der Waals surface area contributed by atoms with Gasteiger partial charge in [0, 0.05) is 7.92 Å². The molecule has 0 heterocycles. The van der Waals surface area contributed by atoms with E-state index in [4.69, 9.17) is 1.37 Å². The van der Waals surface area contributed by atoms with E-state index in [1.54, 1.807) is 24.3 Å². The van der Waals surface area contributed by atoms with Crippen LogP contribution in [0.15, 0.2) is 41.3 Å². The molecule has 2 atom stereocenters. The van der Waals surface area contributed by atoms with Gasteiger partial charge in [0.25, 0.3) is 0 Å². The van der Waals surface area contributed by atoms with Crippen LogP contribution in [-0.2, 0) is 10.0 Å². The molecule has 0 saturated heterocycles. The molecule has 0 radical (unpaired) electrons. The summed E-state index contributed by atoms with van der Waals surface area (Å²) >= 11 is 0.